The molecule has 3 amide bonds. The van der Waals surface area contributed by atoms with E-state index >= 15 is 0 Å². The first-order chi connectivity index (χ1) is 13.4. The molecule has 0 bridgehead atoms. The normalized spacial score (nSPS) is 19.3. The molecule has 1 aliphatic heterocycles. The molecular formula is C21H35N5O3. The summed E-state index contributed by atoms with van der Waals surface area (Å²) in [6, 6.07) is 0. The minimum atomic E-state index is -1.03. The fraction of sp³-hybridized carbons (Fsp3) is 0.714. The zero-order valence-electron chi connectivity index (χ0n) is 18.8. The number of fused-ring (bicyclic) bond motifs is 1. The van der Waals surface area contributed by atoms with Gasteiger partial charge in [0, 0.05) is 18.6 Å². The molecule has 2 N–H and O–H groups in total. The molecule has 0 saturated carbocycles. The number of hydrogen-bond acceptors (Lipinski definition) is 4. The molecule has 2 rings (SSSR count). The second-order valence-electron chi connectivity index (χ2n) is 9.44. The second-order valence-corrected chi connectivity index (χ2v) is 9.44. The van der Waals surface area contributed by atoms with E-state index in [-0.39, 0.29) is 35.7 Å². The first-order valence-corrected chi connectivity index (χ1v) is 10.4. The third-order valence-corrected chi connectivity index (χ3v) is 5.01. The summed E-state index contributed by atoms with van der Waals surface area (Å²) in [4.78, 5) is 44.9. The number of carbonyl (C=O) groups excluding carboxylic acids is 3. The van der Waals surface area contributed by atoms with E-state index in [1.807, 2.05) is 27.7 Å². The lowest BCUT2D eigenvalue weighted by atomic mass is 9.93. The largest absolute Gasteiger partial charge is 0.354 e. The van der Waals surface area contributed by atoms with Crippen molar-refractivity contribution in [1.82, 2.24) is 25.1 Å². The minimum Gasteiger partial charge on any atom is -0.354 e. The van der Waals surface area contributed by atoms with Gasteiger partial charge in [-0.2, -0.15) is 0 Å². The van der Waals surface area contributed by atoms with E-state index in [1.165, 1.54) is 6.33 Å². The Kier molecular flexibility index (Phi) is 6.75. The molecule has 1 aromatic heterocycles. The van der Waals surface area contributed by atoms with Crippen LogP contribution in [0.15, 0.2) is 6.33 Å². The van der Waals surface area contributed by atoms with Gasteiger partial charge in [0.05, 0.1) is 12.9 Å². The number of carbonyl (C=O) groups is 3. The molecule has 2 heterocycles. The van der Waals surface area contributed by atoms with Crippen LogP contribution in [0.5, 0.6) is 0 Å². The van der Waals surface area contributed by atoms with Crippen LogP contribution in [0.3, 0.4) is 0 Å². The molecule has 29 heavy (non-hydrogen) atoms. The summed E-state index contributed by atoms with van der Waals surface area (Å²) in [5.74, 6) is -0.427. The van der Waals surface area contributed by atoms with Crippen molar-refractivity contribution in [2.45, 2.75) is 78.9 Å². The molecular weight excluding hydrogens is 370 g/mol. The van der Waals surface area contributed by atoms with Crippen LogP contribution in [0.4, 0.5) is 0 Å². The molecule has 0 aromatic carbocycles. The van der Waals surface area contributed by atoms with E-state index in [1.54, 1.807) is 16.4 Å². The van der Waals surface area contributed by atoms with Crippen molar-refractivity contribution in [3.63, 3.8) is 0 Å². The van der Waals surface area contributed by atoms with Gasteiger partial charge in [-0.25, -0.2) is 4.98 Å². The van der Waals surface area contributed by atoms with Crippen molar-refractivity contribution < 1.29 is 14.4 Å². The standard InChI is InChI=1S/C21H35N5O3/c1-8-11-26-18(28)16-15(17(27)24-20(4,5)6)23-13-25(16)12-21(26,7)19(29)22-10-9-14(2)3/h13-14H,8-12H2,1-7H3,(H,22,29)(H,24,27). The van der Waals surface area contributed by atoms with Crippen LogP contribution < -0.4 is 10.6 Å². The summed E-state index contributed by atoms with van der Waals surface area (Å²) in [5, 5.41) is 5.83. The summed E-state index contributed by atoms with van der Waals surface area (Å²) in [5.41, 5.74) is -1.13. The summed E-state index contributed by atoms with van der Waals surface area (Å²) in [7, 11) is 0. The van der Waals surface area contributed by atoms with Gasteiger partial charge in [-0.3, -0.25) is 14.4 Å². The Morgan fingerprint density at radius 1 is 1.31 bits per heavy atom. The Hall–Kier alpha value is -2.38. The van der Waals surface area contributed by atoms with Crippen molar-refractivity contribution in [1.29, 1.82) is 0 Å². The van der Waals surface area contributed by atoms with Crippen LogP contribution in [-0.4, -0.2) is 56.3 Å². The first-order valence-electron chi connectivity index (χ1n) is 10.4. The average Bonchev–Trinajstić information content (AvgIpc) is 3.00. The SMILES string of the molecule is CCCN1C(=O)c2c(C(=O)NC(C)(C)C)ncn2CC1(C)C(=O)NCCC(C)C. The number of aromatic nitrogens is 2. The zero-order chi connectivity index (χ0) is 22.0. The molecule has 0 fully saturated rings. The van der Waals surface area contributed by atoms with Gasteiger partial charge in [0.1, 0.15) is 11.2 Å². The fourth-order valence-electron chi connectivity index (χ4n) is 3.49. The maximum absolute atomic E-state index is 13.4. The number of hydrogen-bond donors (Lipinski definition) is 2. The monoisotopic (exact) mass is 405 g/mol. The molecule has 1 aliphatic rings. The Bertz CT molecular complexity index is 778. The van der Waals surface area contributed by atoms with Gasteiger partial charge in [0.25, 0.3) is 11.8 Å². The Morgan fingerprint density at radius 3 is 2.52 bits per heavy atom. The Labute approximate surface area is 173 Å². The summed E-state index contributed by atoms with van der Waals surface area (Å²) >= 11 is 0. The van der Waals surface area contributed by atoms with Crippen LogP contribution in [0.1, 0.15) is 82.3 Å². The van der Waals surface area contributed by atoms with Gasteiger partial charge in [-0.15, -0.1) is 0 Å². The van der Waals surface area contributed by atoms with E-state index < -0.39 is 11.1 Å². The predicted molar refractivity (Wildman–Crippen MR) is 112 cm³/mol. The lowest BCUT2D eigenvalue weighted by Crippen LogP contribution is -2.64. The maximum Gasteiger partial charge on any atom is 0.273 e. The van der Waals surface area contributed by atoms with Gasteiger partial charge >= 0.3 is 0 Å². The first kappa shape index (κ1) is 22.9. The Balaban J connectivity index is 2.36. The van der Waals surface area contributed by atoms with Crippen molar-refractivity contribution in [2.75, 3.05) is 13.1 Å². The van der Waals surface area contributed by atoms with Crippen molar-refractivity contribution in [3.8, 4) is 0 Å². The molecule has 1 atom stereocenters. The van der Waals surface area contributed by atoms with E-state index in [0.717, 1.165) is 6.42 Å². The molecule has 0 saturated heterocycles. The smallest absolute Gasteiger partial charge is 0.273 e. The van der Waals surface area contributed by atoms with Crippen LogP contribution in [-0.2, 0) is 11.3 Å². The number of nitrogens with one attached hydrogen (secondary N) is 2. The topological polar surface area (TPSA) is 96.3 Å². The highest BCUT2D eigenvalue weighted by Crippen LogP contribution is 2.29. The van der Waals surface area contributed by atoms with E-state index in [2.05, 4.69) is 29.5 Å². The second kappa shape index (κ2) is 8.55. The van der Waals surface area contributed by atoms with E-state index in [4.69, 9.17) is 0 Å². The van der Waals surface area contributed by atoms with Gasteiger partial charge in [-0.1, -0.05) is 20.8 Å². The summed E-state index contributed by atoms with van der Waals surface area (Å²) in [6.07, 6.45) is 3.06. The molecule has 162 valence electrons. The highest BCUT2D eigenvalue weighted by atomic mass is 16.2. The maximum atomic E-state index is 13.4. The van der Waals surface area contributed by atoms with Gasteiger partial charge < -0.3 is 20.1 Å². The zero-order valence-corrected chi connectivity index (χ0v) is 18.8. The molecule has 1 unspecified atom stereocenters. The van der Waals surface area contributed by atoms with Crippen LogP contribution in [0.2, 0.25) is 0 Å². The molecule has 8 nitrogen and oxygen atoms in total. The third-order valence-electron chi connectivity index (χ3n) is 5.01. The average molecular weight is 406 g/mol. The quantitative estimate of drug-likeness (QED) is 0.727. The van der Waals surface area contributed by atoms with Crippen LogP contribution >= 0.6 is 0 Å². The third kappa shape index (κ3) is 4.97. The molecule has 0 radical (unpaired) electrons. The Morgan fingerprint density at radius 2 is 1.97 bits per heavy atom. The van der Waals surface area contributed by atoms with Crippen LogP contribution in [0.25, 0.3) is 0 Å². The lowest BCUT2D eigenvalue weighted by Gasteiger charge is -2.43. The predicted octanol–water partition coefficient (Wildman–Crippen LogP) is 2.20. The number of nitrogens with zero attached hydrogens (tertiary/aromatic N) is 3. The van der Waals surface area contributed by atoms with Crippen molar-refractivity contribution in [3.05, 3.63) is 17.7 Å². The van der Waals surface area contributed by atoms with Crippen molar-refractivity contribution >= 4 is 17.7 Å². The van der Waals surface area contributed by atoms with E-state index in [0.29, 0.717) is 25.4 Å². The summed E-state index contributed by atoms with van der Waals surface area (Å²) in [6.45, 7) is 14.8. The molecule has 0 aliphatic carbocycles. The highest BCUT2D eigenvalue weighted by Gasteiger charge is 2.48. The highest BCUT2D eigenvalue weighted by molar-refractivity contribution is 6.07. The molecule has 0 spiro atoms. The van der Waals surface area contributed by atoms with Gasteiger partial charge in [0.15, 0.2) is 5.69 Å². The fourth-order valence-corrected chi connectivity index (χ4v) is 3.49. The minimum absolute atomic E-state index is 0.105. The molecule has 1 aromatic rings. The van der Waals surface area contributed by atoms with Gasteiger partial charge in [0.2, 0.25) is 5.91 Å². The summed E-state index contributed by atoms with van der Waals surface area (Å²) < 4.78 is 1.63. The van der Waals surface area contributed by atoms with E-state index in [9.17, 15) is 14.4 Å². The molecule has 8 heteroatoms. The number of imidazole rings is 1. The number of amides is 3. The van der Waals surface area contributed by atoms with Crippen LogP contribution in [0, 0.1) is 5.92 Å². The van der Waals surface area contributed by atoms with Gasteiger partial charge in [-0.05, 0) is 46.5 Å². The number of rotatable bonds is 7. The van der Waals surface area contributed by atoms with Crippen molar-refractivity contribution in [2.24, 2.45) is 5.92 Å². The lowest BCUT2D eigenvalue weighted by molar-refractivity contribution is -0.132.